The number of benzene rings is 2. The van der Waals surface area contributed by atoms with Crippen LogP contribution in [0.4, 0.5) is 5.69 Å². The quantitative estimate of drug-likeness (QED) is 0.614. The molecule has 21 heavy (non-hydrogen) atoms. The van der Waals surface area contributed by atoms with Gasteiger partial charge in [-0.05, 0) is 46.3 Å². The molecule has 7 heteroatoms. The molecule has 2 rings (SSSR count). The summed E-state index contributed by atoms with van der Waals surface area (Å²) in [6.07, 6.45) is 0. The van der Waals surface area contributed by atoms with Crippen molar-refractivity contribution in [1.82, 2.24) is 0 Å². The van der Waals surface area contributed by atoms with Crippen molar-refractivity contribution in [1.29, 1.82) is 5.26 Å². The molecular formula is C14H9BrN2O4. The molecule has 0 amide bonds. The van der Waals surface area contributed by atoms with Crippen molar-refractivity contribution in [2.24, 2.45) is 0 Å². The van der Waals surface area contributed by atoms with Gasteiger partial charge in [-0.1, -0.05) is 0 Å². The van der Waals surface area contributed by atoms with Crippen molar-refractivity contribution in [2.45, 2.75) is 0 Å². The lowest BCUT2D eigenvalue weighted by Gasteiger charge is -2.09. The van der Waals surface area contributed by atoms with Crippen LogP contribution in [0.15, 0.2) is 40.9 Å². The van der Waals surface area contributed by atoms with Crippen molar-refractivity contribution in [3.05, 3.63) is 56.5 Å². The van der Waals surface area contributed by atoms with Gasteiger partial charge in [0.05, 0.1) is 28.1 Å². The number of nitriles is 1. The third kappa shape index (κ3) is 3.30. The fraction of sp³-hybridized carbons (Fsp3) is 0.0714. The highest BCUT2D eigenvalue weighted by Gasteiger charge is 2.18. The molecule has 0 spiro atoms. The molecule has 0 heterocycles. The lowest BCUT2D eigenvalue weighted by Crippen LogP contribution is -1.95. The Morgan fingerprint density at radius 2 is 1.95 bits per heavy atom. The highest BCUT2D eigenvalue weighted by molar-refractivity contribution is 9.10. The van der Waals surface area contributed by atoms with Crippen molar-refractivity contribution < 1.29 is 14.4 Å². The first-order valence-electron chi connectivity index (χ1n) is 5.75. The first-order chi connectivity index (χ1) is 10.0. The van der Waals surface area contributed by atoms with Gasteiger partial charge in [-0.25, -0.2) is 0 Å². The first-order valence-corrected chi connectivity index (χ1v) is 6.54. The Labute approximate surface area is 128 Å². The van der Waals surface area contributed by atoms with E-state index in [0.717, 1.165) is 0 Å². The number of hydrogen-bond donors (Lipinski definition) is 0. The molecule has 0 aliphatic carbocycles. The van der Waals surface area contributed by atoms with E-state index >= 15 is 0 Å². The maximum Gasteiger partial charge on any atom is 0.312 e. The van der Waals surface area contributed by atoms with Gasteiger partial charge in [0.15, 0.2) is 0 Å². The average molecular weight is 349 g/mol. The molecule has 0 unspecified atom stereocenters. The van der Waals surface area contributed by atoms with E-state index in [1.54, 1.807) is 18.2 Å². The number of hydrogen-bond acceptors (Lipinski definition) is 5. The predicted molar refractivity (Wildman–Crippen MR) is 78.6 cm³/mol. The summed E-state index contributed by atoms with van der Waals surface area (Å²) in [5.41, 5.74) is -0.0698. The molecule has 0 atom stereocenters. The highest BCUT2D eigenvalue weighted by Crippen LogP contribution is 2.36. The fourth-order valence-electron chi connectivity index (χ4n) is 1.63. The Kier molecular flexibility index (Phi) is 4.40. The Hall–Kier alpha value is -2.59. The third-order valence-electron chi connectivity index (χ3n) is 2.64. The molecule has 0 aliphatic rings. The van der Waals surface area contributed by atoms with Crippen LogP contribution in [0.5, 0.6) is 17.2 Å². The normalized spacial score (nSPS) is 9.76. The fourth-order valence-corrected chi connectivity index (χ4v) is 2.06. The van der Waals surface area contributed by atoms with Gasteiger partial charge in [-0.2, -0.15) is 5.26 Å². The van der Waals surface area contributed by atoms with Gasteiger partial charge in [-0.15, -0.1) is 0 Å². The van der Waals surface area contributed by atoms with Gasteiger partial charge in [0.2, 0.25) is 5.75 Å². The summed E-state index contributed by atoms with van der Waals surface area (Å²) in [5, 5.41) is 19.8. The highest BCUT2D eigenvalue weighted by atomic mass is 79.9. The lowest BCUT2D eigenvalue weighted by atomic mass is 10.2. The van der Waals surface area contributed by atoms with E-state index in [9.17, 15) is 10.1 Å². The number of rotatable bonds is 4. The molecule has 0 saturated heterocycles. The SMILES string of the molecule is COc1ccc(Oc2ccc(C#N)cc2[N+](=O)[O-])c(Br)c1. The van der Waals surface area contributed by atoms with Crippen LogP contribution in [0.1, 0.15) is 5.56 Å². The Balaban J connectivity index is 2.40. The number of nitrogens with zero attached hydrogens (tertiary/aromatic N) is 2. The van der Waals surface area contributed by atoms with Crippen LogP contribution >= 0.6 is 15.9 Å². The topological polar surface area (TPSA) is 85.4 Å². The minimum atomic E-state index is -0.590. The van der Waals surface area contributed by atoms with Crippen LogP contribution in [-0.4, -0.2) is 12.0 Å². The molecule has 0 fully saturated rings. The Morgan fingerprint density at radius 3 is 2.52 bits per heavy atom. The largest absolute Gasteiger partial charge is 0.497 e. The standard InChI is InChI=1S/C14H9BrN2O4/c1-20-10-3-5-13(11(15)7-10)21-14-4-2-9(8-16)6-12(14)17(18)19/h2-7H,1H3. The van der Waals surface area contributed by atoms with Gasteiger partial charge >= 0.3 is 5.69 Å². The van der Waals surface area contributed by atoms with E-state index in [2.05, 4.69) is 15.9 Å². The molecule has 0 aliphatic heterocycles. The summed E-state index contributed by atoms with van der Waals surface area (Å²) in [6, 6.07) is 10.9. The first kappa shape index (κ1) is 14.8. The molecule has 2 aromatic carbocycles. The Morgan fingerprint density at radius 1 is 1.24 bits per heavy atom. The van der Waals surface area contributed by atoms with Gasteiger partial charge in [0.25, 0.3) is 0 Å². The summed E-state index contributed by atoms with van der Waals surface area (Å²) in [6.45, 7) is 0. The molecular weight excluding hydrogens is 340 g/mol. The molecule has 0 radical (unpaired) electrons. The molecule has 6 nitrogen and oxygen atoms in total. The van der Waals surface area contributed by atoms with Crippen molar-refractivity contribution in [3.63, 3.8) is 0 Å². The van der Waals surface area contributed by atoms with Crippen molar-refractivity contribution >= 4 is 21.6 Å². The monoisotopic (exact) mass is 348 g/mol. The van der Waals surface area contributed by atoms with Crippen molar-refractivity contribution in [2.75, 3.05) is 7.11 Å². The third-order valence-corrected chi connectivity index (χ3v) is 3.26. The van der Waals surface area contributed by atoms with Crippen LogP contribution < -0.4 is 9.47 Å². The number of nitro benzene ring substituents is 1. The minimum Gasteiger partial charge on any atom is -0.497 e. The number of halogens is 1. The van der Waals surface area contributed by atoms with Crippen molar-refractivity contribution in [3.8, 4) is 23.3 Å². The van der Waals surface area contributed by atoms with E-state index in [4.69, 9.17) is 14.7 Å². The number of methoxy groups -OCH3 is 1. The van der Waals surface area contributed by atoms with Crippen LogP contribution in [0, 0.1) is 21.4 Å². The summed E-state index contributed by atoms with van der Waals surface area (Å²) >= 11 is 3.31. The average Bonchev–Trinajstić information content (AvgIpc) is 2.49. The molecule has 0 aromatic heterocycles. The summed E-state index contributed by atoms with van der Waals surface area (Å²) in [7, 11) is 1.54. The molecule has 106 valence electrons. The molecule has 2 aromatic rings. The van der Waals surface area contributed by atoms with Gasteiger partial charge in [0.1, 0.15) is 11.5 Å². The van der Waals surface area contributed by atoms with Gasteiger partial charge < -0.3 is 9.47 Å². The Bertz CT molecular complexity index is 740. The van der Waals surface area contributed by atoms with Gasteiger partial charge in [-0.3, -0.25) is 10.1 Å². The van der Waals surface area contributed by atoms with E-state index in [1.165, 1.54) is 25.3 Å². The van der Waals surface area contributed by atoms with E-state index in [0.29, 0.717) is 16.0 Å². The van der Waals surface area contributed by atoms with E-state index in [1.807, 2.05) is 6.07 Å². The molecule has 0 saturated carbocycles. The lowest BCUT2D eigenvalue weighted by molar-refractivity contribution is -0.385. The van der Waals surface area contributed by atoms with Gasteiger partial charge in [0, 0.05) is 6.07 Å². The summed E-state index contributed by atoms with van der Waals surface area (Å²) < 4.78 is 11.2. The second-order valence-electron chi connectivity index (χ2n) is 3.95. The van der Waals surface area contributed by atoms with E-state index in [-0.39, 0.29) is 17.0 Å². The minimum absolute atomic E-state index is 0.0601. The van der Waals surface area contributed by atoms with Crippen LogP contribution in [0.3, 0.4) is 0 Å². The second-order valence-corrected chi connectivity index (χ2v) is 4.80. The molecule has 0 N–H and O–H groups in total. The summed E-state index contributed by atoms with van der Waals surface area (Å²) in [4.78, 5) is 10.5. The second kappa shape index (κ2) is 6.24. The van der Waals surface area contributed by atoms with E-state index < -0.39 is 4.92 Å². The maximum atomic E-state index is 11.0. The van der Waals surface area contributed by atoms with Crippen LogP contribution in [0.25, 0.3) is 0 Å². The number of ether oxygens (including phenoxy) is 2. The zero-order chi connectivity index (χ0) is 15.4. The summed E-state index contributed by atoms with van der Waals surface area (Å²) in [5.74, 6) is 1.09. The maximum absolute atomic E-state index is 11.0. The number of nitro groups is 1. The smallest absolute Gasteiger partial charge is 0.312 e. The molecule has 0 bridgehead atoms. The predicted octanol–water partition coefficient (Wildman–Crippen LogP) is 4.03. The van der Waals surface area contributed by atoms with Crippen LogP contribution in [-0.2, 0) is 0 Å². The van der Waals surface area contributed by atoms with Crippen LogP contribution in [0.2, 0.25) is 0 Å². The zero-order valence-electron chi connectivity index (χ0n) is 10.9. The zero-order valence-corrected chi connectivity index (χ0v) is 12.5.